The predicted octanol–water partition coefficient (Wildman–Crippen LogP) is 5.98. The summed E-state index contributed by atoms with van der Waals surface area (Å²) in [6.07, 6.45) is 5.21. The fourth-order valence-corrected chi connectivity index (χ4v) is 3.84. The van der Waals surface area contributed by atoms with Gasteiger partial charge in [-0.05, 0) is 37.5 Å². The van der Waals surface area contributed by atoms with Crippen LogP contribution in [-0.2, 0) is 4.79 Å². The van der Waals surface area contributed by atoms with Crippen LogP contribution in [0.2, 0.25) is 0 Å². The van der Waals surface area contributed by atoms with Crippen molar-refractivity contribution < 1.29 is 14.0 Å². The number of rotatable bonds is 6. The van der Waals surface area contributed by atoms with Crippen LogP contribution in [0.25, 0.3) is 27.7 Å². The van der Waals surface area contributed by atoms with E-state index < -0.39 is 12.1 Å². The molecular formula is C27H33FN6O2. The largest absolute Gasteiger partial charge is 0.310 e. The quantitative estimate of drug-likeness (QED) is 0.332. The smallest absolute Gasteiger partial charge is 0.231 e. The standard InChI is InChI=1S/C23H21FN6O2.2C2H6/c1-3-4-20(31)18-5-12(2)16(10-25-18)14-6-13-9-26-21(29-23(32)15-7-17(15)24)8-19(13)30-22(14)27-11-28-30;2*1-2/h5-6,8-11,15,17H,3-4,7H2,1-2H3,(H,26,29,32);2*1-2H3. The third-order valence-electron chi connectivity index (χ3n) is 5.69. The fraction of sp³-hybridized carbons (Fsp3) is 0.407. The third-order valence-corrected chi connectivity index (χ3v) is 5.69. The zero-order chi connectivity index (χ0) is 26.4. The van der Waals surface area contributed by atoms with Crippen molar-refractivity contribution in [1.82, 2.24) is 24.6 Å². The topological polar surface area (TPSA) is 102 Å². The van der Waals surface area contributed by atoms with Crippen molar-refractivity contribution in [1.29, 1.82) is 0 Å². The number of hydrogen-bond donors (Lipinski definition) is 1. The van der Waals surface area contributed by atoms with Gasteiger partial charge in [0.25, 0.3) is 0 Å². The molecule has 36 heavy (non-hydrogen) atoms. The van der Waals surface area contributed by atoms with Gasteiger partial charge in [0.05, 0.1) is 11.4 Å². The zero-order valence-electron chi connectivity index (χ0n) is 21.7. The first-order valence-electron chi connectivity index (χ1n) is 12.5. The summed E-state index contributed by atoms with van der Waals surface area (Å²) in [5, 5.41) is 7.80. The number of carbonyl (C=O) groups excluding carboxylic acids is 2. The van der Waals surface area contributed by atoms with Crippen LogP contribution in [-0.4, -0.2) is 42.4 Å². The van der Waals surface area contributed by atoms with E-state index in [1.54, 1.807) is 29.0 Å². The lowest BCUT2D eigenvalue weighted by molar-refractivity contribution is -0.117. The van der Waals surface area contributed by atoms with Crippen molar-refractivity contribution in [2.24, 2.45) is 5.92 Å². The zero-order valence-corrected chi connectivity index (χ0v) is 21.7. The Morgan fingerprint density at radius 3 is 2.42 bits per heavy atom. The Morgan fingerprint density at radius 2 is 1.78 bits per heavy atom. The number of fused-ring (bicyclic) bond motifs is 3. The number of amides is 1. The number of anilines is 1. The van der Waals surface area contributed by atoms with Crippen molar-refractivity contribution in [2.75, 3.05) is 5.32 Å². The van der Waals surface area contributed by atoms with Crippen LogP contribution in [0, 0.1) is 12.8 Å². The Kier molecular flexibility index (Phi) is 8.79. The number of Topliss-reactive ketones (excluding diaryl/α,β-unsaturated/α-hetero) is 1. The Hall–Kier alpha value is -3.75. The van der Waals surface area contributed by atoms with Gasteiger partial charge in [-0.2, -0.15) is 5.10 Å². The Labute approximate surface area is 210 Å². The monoisotopic (exact) mass is 492 g/mol. The van der Waals surface area contributed by atoms with Gasteiger partial charge in [-0.3, -0.25) is 14.6 Å². The van der Waals surface area contributed by atoms with Crippen LogP contribution in [0.4, 0.5) is 10.2 Å². The summed E-state index contributed by atoms with van der Waals surface area (Å²) >= 11 is 0. The van der Waals surface area contributed by atoms with E-state index in [4.69, 9.17) is 0 Å². The van der Waals surface area contributed by atoms with E-state index in [-0.39, 0.29) is 18.1 Å². The van der Waals surface area contributed by atoms with Crippen molar-refractivity contribution in [3.63, 3.8) is 0 Å². The number of nitrogens with zero attached hydrogens (tertiary/aromatic N) is 5. The third kappa shape index (κ3) is 5.40. The van der Waals surface area contributed by atoms with Crippen LogP contribution in [0.5, 0.6) is 0 Å². The lowest BCUT2D eigenvalue weighted by atomic mass is 10.0. The molecule has 1 aliphatic carbocycles. The number of halogens is 1. The van der Waals surface area contributed by atoms with Crippen molar-refractivity contribution >= 4 is 34.1 Å². The van der Waals surface area contributed by atoms with Gasteiger partial charge in [0.2, 0.25) is 5.91 Å². The highest BCUT2D eigenvalue weighted by molar-refractivity contribution is 5.98. The van der Waals surface area contributed by atoms with Gasteiger partial charge in [-0.15, -0.1) is 0 Å². The van der Waals surface area contributed by atoms with Crippen molar-refractivity contribution in [3.8, 4) is 11.1 Å². The molecule has 0 saturated heterocycles. The van der Waals surface area contributed by atoms with Crippen LogP contribution >= 0.6 is 0 Å². The molecule has 190 valence electrons. The molecule has 4 heterocycles. The van der Waals surface area contributed by atoms with E-state index in [2.05, 4.69) is 25.4 Å². The number of aryl methyl sites for hydroxylation is 1. The minimum Gasteiger partial charge on any atom is -0.310 e. The number of pyridine rings is 3. The molecule has 1 aliphatic rings. The van der Waals surface area contributed by atoms with Gasteiger partial charge >= 0.3 is 0 Å². The molecular weight excluding hydrogens is 459 g/mol. The first-order chi connectivity index (χ1) is 17.5. The molecule has 4 aromatic rings. The van der Waals surface area contributed by atoms with E-state index in [0.717, 1.165) is 28.5 Å². The molecule has 8 nitrogen and oxygen atoms in total. The number of alkyl halides is 1. The summed E-state index contributed by atoms with van der Waals surface area (Å²) in [7, 11) is 0. The minimum atomic E-state index is -1.07. The van der Waals surface area contributed by atoms with Gasteiger partial charge in [0, 0.05) is 41.4 Å². The molecule has 5 rings (SSSR count). The van der Waals surface area contributed by atoms with E-state index in [9.17, 15) is 14.0 Å². The summed E-state index contributed by atoms with van der Waals surface area (Å²) in [4.78, 5) is 37.4. The number of nitrogens with one attached hydrogen (secondary N) is 1. The summed E-state index contributed by atoms with van der Waals surface area (Å²) in [6, 6.07) is 5.44. The molecule has 0 aromatic carbocycles. The molecule has 9 heteroatoms. The Balaban J connectivity index is 0.000000861. The Bertz CT molecular complexity index is 1380. The maximum absolute atomic E-state index is 13.2. The molecule has 0 aliphatic heterocycles. The van der Waals surface area contributed by atoms with Gasteiger partial charge in [-0.1, -0.05) is 34.6 Å². The molecule has 1 N–H and O–H groups in total. The first kappa shape index (κ1) is 26.8. The second-order valence-corrected chi connectivity index (χ2v) is 8.09. The van der Waals surface area contributed by atoms with E-state index in [0.29, 0.717) is 29.1 Å². The predicted molar refractivity (Wildman–Crippen MR) is 140 cm³/mol. The molecule has 0 radical (unpaired) electrons. The van der Waals surface area contributed by atoms with Crippen molar-refractivity contribution in [3.05, 3.63) is 48.2 Å². The summed E-state index contributed by atoms with van der Waals surface area (Å²) in [5.41, 5.74) is 4.35. The molecule has 1 fully saturated rings. The molecule has 1 amide bonds. The second-order valence-electron chi connectivity index (χ2n) is 8.09. The maximum Gasteiger partial charge on any atom is 0.231 e. The average molecular weight is 493 g/mol. The minimum absolute atomic E-state index is 0.0253. The van der Waals surface area contributed by atoms with Gasteiger partial charge in [0.1, 0.15) is 24.0 Å². The van der Waals surface area contributed by atoms with Gasteiger partial charge < -0.3 is 5.32 Å². The number of hydrogen-bond acceptors (Lipinski definition) is 6. The molecule has 4 aromatic heterocycles. The van der Waals surface area contributed by atoms with Gasteiger partial charge in [-0.25, -0.2) is 18.9 Å². The molecule has 2 unspecified atom stereocenters. The van der Waals surface area contributed by atoms with Crippen LogP contribution in [0.3, 0.4) is 0 Å². The summed E-state index contributed by atoms with van der Waals surface area (Å²) < 4.78 is 14.8. The highest BCUT2D eigenvalue weighted by Gasteiger charge is 2.43. The summed E-state index contributed by atoms with van der Waals surface area (Å²) in [6.45, 7) is 11.9. The van der Waals surface area contributed by atoms with Gasteiger partial charge in [0.15, 0.2) is 11.4 Å². The van der Waals surface area contributed by atoms with E-state index >= 15 is 0 Å². The van der Waals surface area contributed by atoms with Crippen LogP contribution < -0.4 is 5.32 Å². The fourth-order valence-electron chi connectivity index (χ4n) is 3.84. The van der Waals surface area contributed by atoms with E-state index in [1.807, 2.05) is 47.6 Å². The second kappa shape index (κ2) is 11.8. The molecule has 2 atom stereocenters. The first-order valence-corrected chi connectivity index (χ1v) is 12.5. The number of ketones is 1. The maximum atomic E-state index is 13.2. The molecule has 0 bridgehead atoms. The lowest BCUT2D eigenvalue weighted by Crippen LogP contribution is -2.16. The molecule has 0 spiro atoms. The number of aromatic nitrogens is 5. The molecule has 1 saturated carbocycles. The normalized spacial score (nSPS) is 16.0. The SMILES string of the molecule is CC.CC.CCCC(=O)c1cc(C)c(-c2cc3cnc(NC(=O)C4CC4F)cc3n3ncnc23)cn1. The van der Waals surface area contributed by atoms with Crippen LogP contribution in [0.15, 0.2) is 36.9 Å². The van der Waals surface area contributed by atoms with E-state index in [1.165, 1.54) is 6.33 Å². The average Bonchev–Trinajstić information content (AvgIpc) is 3.43. The summed E-state index contributed by atoms with van der Waals surface area (Å²) in [5.74, 6) is -0.598. The highest BCUT2D eigenvalue weighted by atomic mass is 19.1. The highest BCUT2D eigenvalue weighted by Crippen LogP contribution is 2.35. The lowest BCUT2D eigenvalue weighted by Gasteiger charge is -2.11. The van der Waals surface area contributed by atoms with Crippen LogP contribution in [0.1, 0.15) is 69.9 Å². The Morgan fingerprint density at radius 1 is 1.06 bits per heavy atom. The van der Waals surface area contributed by atoms with Crippen molar-refractivity contribution in [2.45, 2.75) is 67.0 Å². The number of carbonyl (C=O) groups is 2.